The van der Waals surface area contributed by atoms with E-state index >= 15 is 0 Å². The highest BCUT2D eigenvalue weighted by atomic mass is 35.5. The monoisotopic (exact) mass is 446 g/mol. The molecule has 4 rings (SSSR count). The van der Waals surface area contributed by atoms with E-state index in [-0.39, 0.29) is 18.4 Å². The second kappa shape index (κ2) is 9.58. The number of carbonyl (C=O) groups excluding carboxylic acids is 2. The van der Waals surface area contributed by atoms with Crippen LogP contribution in [-0.2, 0) is 17.8 Å². The summed E-state index contributed by atoms with van der Waals surface area (Å²) < 4.78 is 0. The Morgan fingerprint density at radius 2 is 1.72 bits per heavy atom. The lowest BCUT2D eigenvalue weighted by Crippen LogP contribution is -2.28. The molecule has 4 aromatic rings. The smallest absolute Gasteiger partial charge is 0.319 e. The van der Waals surface area contributed by atoms with Crippen molar-refractivity contribution in [3.05, 3.63) is 94.6 Å². The van der Waals surface area contributed by atoms with E-state index in [0.29, 0.717) is 22.9 Å². The highest BCUT2D eigenvalue weighted by Crippen LogP contribution is 2.23. The Labute approximate surface area is 191 Å². The number of aromatic nitrogens is 1. The largest absolute Gasteiger partial charge is 0.358 e. The Kier molecular flexibility index (Phi) is 6.42. The quantitative estimate of drug-likeness (QED) is 0.309. The second-order valence-electron chi connectivity index (χ2n) is 7.49. The number of amides is 3. The van der Waals surface area contributed by atoms with Crippen molar-refractivity contribution in [2.45, 2.75) is 19.9 Å². The average Bonchev–Trinajstić information content (AvgIpc) is 3.09. The number of fused-ring (bicyclic) bond motifs is 1. The Bertz CT molecular complexity index is 1280. The van der Waals surface area contributed by atoms with Crippen LogP contribution in [0, 0.1) is 6.92 Å². The molecule has 3 aromatic carbocycles. The van der Waals surface area contributed by atoms with E-state index in [4.69, 9.17) is 11.6 Å². The number of nitrogens with one attached hydrogen (secondary N) is 4. The lowest BCUT2D eigenvalue weighted by molar-refractivity contribution is -0.115. The molecule has 0 fully saturated rings. The number of hydrogen-bond acceptors (Lipinski definition) is 2. The van der Waals surface area contributed by atoms with E-state index in [0.717, 1.165) is 27.7 Å². The Hall–Kier alpha value is -3.77. The lowest BCUT2D eigenvalue weighted by atomic mass is 10.1. The highest BCUT2D eigenvalue weighted by molar-refractivity contribution is 6.33. The number of H-pyrrole nitrogens is 1. The molecule has 7 heteroatoms. The van der Waals surface area contributed by atoms with Gasteiger partial charge in [0.25, 0.3) is 0 Å². The van der Waals surface area contributed by atoms with Crippen LogP contribution in [0.3, 0.4) is 0 Å². The van der Waals surface area contributed by atoms with Gasteiger partial charge in [-0.3, -0.25) is 4.79 Å². The molecule has 1 heterocycles. The highest BCUT2D eigenvalue weighted by Gasteiger charge is 2.13. The van der Waals surface area contributed by atoms with Crippen molar-refractivity contribution < 1.29 is 9.59 Å². The molecule has 0 radical (unpaired) electrons. The van der Waals surface area contributed by atoms with Crippen molar-refractivity contribution in [1.82, 2.24) is 10.3 Å². The Balaban J connectivity index is 1.35. The molecule has 0 aliphatic rings. The third-order valence-corrected chi connectivity index (χ3v) is 5.48. The molecule has 32 heavy (non-hydrogen) atoms. The van der Waals surface area contributed by atoms with Crippen LogP contribution in [0.2, 0.25) is 5.02 Å². The van der Waals surface area contributed by atoms with Gasteiger partial charge in [0.1, 0.15) is 0 Å². The number of anilines is 2. The molecule has 0 unspecified atom stereocenters. The molecule has 0 saturated heterocycles. The van der Waals surface area contributed by atoms with E-state index in [1.165, 1.54) is 0 Å². The fraction of sp³-hybridized carbons (Fsp3) is 0.120. The third-order valence-electron chi connectivity index (χ3n) is 5.15. The van der Waals surface area contributed by atoms with Gasteiger partial charge < -0.3 is 20.9 Å². The van der Waals surface area contributed by atoms with Crippen LogP contribution in [0.5, 0.6) is 0 Å². The van der Waals surface area contributed by atoms with Gasteiger partial charge in [-0.25, -0.2) is 4.79 Å². The summed E-state index contributed by atoms with van der Waals surface area (Å²) in [6, 6.07) is 22.0. The van der Waals surface area contributed by atoms with Crippen molar-refractivity contribution in [2.24, 2.45) is 0 Å². The minimum absolute atomic E-state index is 0.0978. The molecular weight excluding hydrogens is 424 g/mol. The number of carbonyl (C=O) groups is 2. The van der Waals surface area contributed by atoms with E-state index in [1.54, 1.807) is 24.3 Å². The summed E-state index contributed by atoms with van der Waals surface area (Å²) in [6.07, 6.45) is 0.276. The van der Waals surface area contributed by atoms with Crippen LogP contribution in [0.25, 0.3) is 10.9 Å². The fourth-order valence-corrected chi connectivity index (χ4v) is 3.78. The normalized spacial score (nSPS) is 10.7. The molecule has 162 valence electrons. The van der Waals surface area contributed by atoms with Crippen molar-refractivity contribution in [3.63, 3.8) is 0 Å². The van der Waals surface area contributed by atoms with Gasteiger partial charge in [-0.15, -0.1) is 0 Å². The Morgan fingerprint density at radius 3 is 2.56 bits per heavy atom. The molecule has 4 N–H and O–H groups in total. The minimum atomic E-state index is -0.359. The van der Waals surface area contributed by atoms with Crippen LogP contribution in [0.1, 0.15) is 16.8 Å². The third kappa shape index (κ3) is 5.10. The van der Waals surface area contributed by atoms with Gasteiger partial charge in [-0.1, -0.05) is 54.1 Å². The molecule has 3 amide bonds. The minimum Gasteiger partial charge on any atom is -0.358 e. The Morgan fingerprint density at radius 1 is 0.938 bits per heavy atom. The first-order valence-corrected chi connectivity index (χ1v) is 10.6. The van der Waals surface area contributed by atoms with Crippen LogP contribution < -0.4 is 16.0 Å². The van der Waals surface area contributed by atoms with Crippen molar-refractivity contribution in [3.8, 4) is 0 Å². The van der Waals surface area contributed by atoms with Crippen molar-refractivity contribution in [1.29, 1.82) is 0 Å². The van der Waals surface area contributed by atoms with Crippen LogP contribution in [0.15, 0.2) is 72.8 Å². The summed E-state index contributed by atoms with van der Waals surface area (Å²) in [5.41, 5.74) is 5.09. The first-order chi connectivity index (χ1) is 15.5. The summed E-state index contributed by atoms with van der Waals surface area (Å²) in [5, 5.41) is 9.99. The number of rotatable bonds is 6. The predicted octanol–water partition coefficient (Wildman–Crippen LogP) is 5.63. The number of aryl methyl sites for hydroxylation is 1. The SMILES string of the molecule is Cc1[nH]c2ccccc2c1CC(=O)Nc1cccc(CNC(=O)Nc2ccccc2Cl)c1. The van der Waals surface area contributed by atoms with E-state index in [2.05, 4.69) is 20.9 Å². The topological polar surface area (TPSA) is 86.0 Å². The van der Waals surface area contributed by atoms with Gasteiger partial charge in [0.05, 0.1) is 17.1 Å². The summed E-state index contributed by atoms with van der Waals surface area (Å²) in [7, 11) is 0. The molecule has 0 bridgehead atoms. The lowest BCUT2D eigenvalue weighted by Gasteiger charge is -2.10. The molecule has 0 atom stereocenters. The van der Waals surface area contributed by atoms with Gasteiger partial charge in [-0.2, -0.15) is 0 Å². The van der Waals surface area contributed by atoms with E-state index in [1.807, 2.05) is 55.5 Å². The number of halogens is 1. The summed E-state index contributed by atoms with van der Waals surface area (Å²) in [4.78, 5) is 28.2. The molecule has 1 aromatic heterocycles. The maximum Gasteiger partial charge on any atom is 0.319 e. The summed E-state index contributed by atoms with van der Waals surface area (Å²) >= 11 is 6.06. The molecular formula is C25H23ClN4O2. The molecule has 0 aliphatic carbocycles. The zero-order chi connectivity index (χ0) is 22.5. The maximum absolute atomic E-state index is 12.7. The molecule has 6 nitrogen and oxygen atoms in total. The fourth-order valence-electron chi connectivity index (χ4n) is 3.60. The van der Waals surface area contributed by atoms with E-state index < -0.39 is 0 Å². The zero-order valence-electron chi connectivity index (χ0n) is 17.5. The average molecular weight is 447 g/mol. The molecule has 0 saturated carbocycles. The standard InChI is InChI=1S/C25H23ClN4O2/c1-16-20(19-9-2-4-11-22(19)28-16)14-24(31)29-18-8-6-7-17(13-18)15-27-25(32)30-23-12-5-3-10-21(23)26/h2-13,28H,14-15H2,1H3,(H,29,31)(H2,27,30,32). The first kappa shape index (κ1) is 21.5. The maximum atomic E-state index is 12.7. The number of hydrogen-bond donors (Lipinski definition) is 4. The van der Waals surface area contributed by atoms with Gasteiger partial charge in [0.15, 0.2) is 0 Å². The second-order valence-corrected chi connectivity index (χ2v) is 7.89. The van der Waals surface area contributed by atoms with Gasteiger partial charge in [0, 0.05) is 28.8 Å². The number of aromatic amines is 1. The zero-order valence-corrected chi connectivity index (χ0v) is 18.3. The van der Waals surface area contributed by atoms with Crippen LogP contribution in [-0.4, -0.2) is 16.9 Å². The van der Waals surface area contributed by atoms with Gasteiger partial charge in [-0.05, 0) is 48.4 Å². The first-order valence-electron chi connectivity index (χ1n) is 10.2. The molecule has 0 spiro atoms. The molecule has 0 aliphatic heterocycles. The van der Waals surface area contributed by atoms with E-state index in [9.17, 15) is 9.59 Å². The van der Waals surface area contributed by atoms with Crippen molar-refractivity contribution >= 4 is 45.8 Å². The van der Waals surface area contributed by atoms with Crippen LogP contribution >= 0.6 is 11.6 Å². The number of urea groups is 1. The number of para-hydroxylation sites is 2. The van der Waals surface area contributed by atoms with Crippen LogP contribution in [0.4, 0.5) is 16.2 Å². The van der Waals surface area contributed by atoms with Gasteiger partial charge in [0.2, 0.25) is 5.91 Å². The number of benzene rings is 3. The predicted molar refractivity (Wildman–Crippen MR) is 129 cm³/mol. The summed E-state index contributed by atoms with van der Waals surface area (Å²) in [5.74, 6) is -0.0978. The van der Waals surface area contributed by atoms with Crippen molar-refractivity contribution in [2.75, 3.05) is 10.6 Å². The summed E-state index contributed by atoms with van der Waals surface area (Å²) in [6.45, 7) is 2.28. The van der Waals surface area contributed by atoms with Gasteiger partial charge >= 0.3 is 6.03 Å².